The zero-order valence-corrected chi connectivity index (χ0v) is 59.6. The normalized spacial score (nSPS) is 11.6. The van der Waals surface area contributed by atoms with Crippen LogP contribution in [0.15, 0.2) is 388 Å². The van der Waals surface area contributed by atoms with Gasteiger partial charge in [0.1, 0.15) is 0 Å². The average molecular weight is 1400 g/mol. The number of fused-ring (bicyclic) bond motifs is 16. The van der Waals surface area contributed by atoms with Crippen LogP contribution in [0.3, 0.4) is 0 Å². The molecule has 0 atom stereocenters. The van der Waals surface area contributed by atoms with Crippen molar-refractivity contribution in [1.29, 1.82) is 0 Å². The topological polar surface area (TPSA) is 77.3 Å². The second-order valence-corrected chi connectivity index (χ2v) is 28.3. The fourth-order valence-corrected chi connectivity index (χ4v) is 16.8. The largest absolute Gasteiger partial charge is 0.208 e. The van der Waals surface area contributed by atoms with Gasteiger partial charge in [0.2, 0.25) is 0 Å². The van der Waals surface area contributed by atoms with E-state index in [0.717, 1.165) is 111 Å². The smallest absolute Gasteiger partial charge is 0.164 e. The summed E-state index contributed by atoms with van der Waals surface area (Å²) in [4.78, 5) is 32.5. The molecule has 19 aromatic carbocycles. The second kappa shape index (κ2) is 26.7. The van der Waals surface area contributed by atoms with Crippen LogP contribution in [0.4, 0.5) is 0 Å². The molecule has 510 valence electrons. The third kappa shape index (κ3) is 11.0. The van der Waals surface area contributed by atoms with Crippen LogP contribution < -0.4 is 0 Å². The summed E-state index contributed by atoms with van der Waals surface area (Å²) in [7, 11) is 0. The van der Waals surface area contributed by atoms with Crippen LogP contribution in [-0.4, -0.2) is 29.9 Å². The molecule has 6 heteroatoms. The maximum atomic E-state index is 5.70. The van der Waals surface area contributed by atoms with Gasteiger partial charge in [0.25, 0.3) is 0 Å². The fraction of sp³-hybridized carbons (Fsp3) is 0. The molecule has 0 aliphatic rings. The summed E-state index contributed by atoms with van der Waals surface area (Å²) in [6.07, 6.45) is 0. The first kappa shape index (κ1) is 63.7. The number of rotatable bonds is 12. The molecule has 0 radical (unpaired) electrons. The van der Waals surface area contributed by atoms with Crippen molar-refractivity contribution < 1.29 is 0 Å². The van der Waals surface area contributed by atoms with Gasteiger partial charge in [0, 0.05) is 33.4 Å². The van der Waals surface area contributed by atoms with Crippen LogP contribution in [0.5, 0.6) is 0 Å². The van der Waals surface area contributed by atoms with Gasteiger partial charge in [-0.3, -0.25) is 0 Å². The van der Waals surface area contributed by atoms with Gasteiger partial charge in [-0.2, -0.15) is 0 Å². The van der Waals surface area contributed by atoms with E-state index in [1.165, 1.54) is 75.4 Å². The summed E-state index contributed by atoms with van der Waals surface area (Å²) < 4.78 is 0. The summed E-state index contributed by atoms with van der Waals surface area (Å²) in [5.74, 6) is 3.56. The number of benzene rings is 19. The maximum absolute atomic E-state index is 5.70. The van der Waals surface area contributed by atoms with Crippen molar-refractivity contribution >= 4 is 86.2 Å². The highest BCUT2D eigenvalue weighted by Gasteiger charge is 2.25. The molecule has 0 unspecified atom stereocenters. The number of aromatic nitrogens is 6. The van der Waals surface area contributed by atoms with Crippen molar-refractivity contribution in [2.75, 3.05) is 0 Å². The van der Waals surface area contributed by atoms with E-state index in [9.17, 15) is 0 Å². The van der Waals surface area contributed by atoms with E-state index in [0.29, 0.717) is 34.9 Å². The van der Waals surface area contributed by atoms with Crippen molar-refractivity contribution in [1.82, 2.24) is 29.9 Å². The summed E-state index contributed by atoms with van der Waals surface area (Å²) >= 11 is 0. The molecule has 21 rings (SSSR count). The van der Waals surface area contributed by atoms with Gasteiger partial charge >= 0.3 is 0 Å². The predicted molar refractivity (Wildman–Crippen MR) is 458 cm³/mol. The molecule has 0 amide bonds. The van der Waals surface area contributed by atoms with Gasteiger partial charge in [-0.05, 0) is 201 Å². The Morgan fingerprint density at radius 2 is 0.418 bits per heavy atom. The van der Waals surface area contributed by atoms with Gasteiger partial charge in [-0.1, -0.05) is 340 Å². The zero-order chi connectivity index (χ0) is 72.6. The number of hydrogen-bond acceptors (Lipinski definition) is 6. The van der Waals surface area contributed by atoms with Crippen molar-refractivity contribution in [3.8, 4) is 135 Å². The molecule has 6 nitrogen and oxygen atoms in total. The van der Waals surface area contributed by atoms with Crippen molar-refractivity contribution in [2.45, 2.75) is 0 Å². The zero-order valence-electron chi connectivity index (χ0n) is 59.6. The quantitative estimate of drug-likeness (QED) is 0.113. The van der Waals surface area contributed by atoms with E-state index in [-0.39, 0.29) is 0 Å². The third-order valence-electron chi connectivity index (χ3n) is 21.9. The Kier molecular flexibility index (Phi) is 15.5. The standard InChI is InChI=1S/C104H64N6/c1-6-30-65(31-7-1)72-58-73(60-74(59-72)101-106-99(68-36-12-4-13-37-68)105-100(107-101)69-38-14-5-15-39-69)92-63-95-80-45-20-18-43-78(80)93-62-71(54-56-87(93)98(95)85-50-26-22-46-81(85)92)70-55-57-90(91(61-70)67-34-10-3-11-35-67)104-109-102(88-52-28-16-40-75(88)66-32-8-2-9-33-66)108-103(110-104)89-53-29-24-48-83(89)94-64-96-79-44-19-17-41-76(79)77-42-21-25-49-84(77)97(96)86-51-27-23-47-82(86)94/h1-64H. The van der Waals surface area contributed by atoms with Crippen LogP contribution >= 0.6 is 0 Å². The van der Waals surface area contributed by atoms with E-state index in [1.807, 2.05) is 36.4 Å². The Labute approximate surface area is 635 Å². The lowest BCUT2D eigenvalue weighted by atomic mass is 9.85. The molecule has 110 heavy (non-hydrogen) atoms. The van der Waals surface area contributed by atoms with Crippen LogP contribution in [0.25, 0.3) is 221 Å². The van der Waals surface area contributed by atoms with Gasteiger partial charge in [0.15, 0.2) is 34.9 Å². The Morgan fingerprint density at radius 3 is 0.945 bits per heavy atom. The predicted octanol–water partition coefficient (Wildman–Crippen LogP) is 27.3. The van der Waals surface area contributed by atoms with Crippen LogP contribution in [0, 0.1) is 0 Å². The van der Waals surface area contributed by atoms with Gasteiger partial charge < -0.3 is 0 Å². The first-order valence-electron chi connectivity index (χ1n) is 37.4. The number of hydrogen-bond donors (Lipinski definition) is 0. The van der Waals surface area contributed by atoms with Crippen molar-refractivity contribution in [3.05, 3.63) is 388 Å². The van der Waals surface area contributed by atoms with Crippen LogP contribution in [-0.2, 0) is 0 Å². The van der Waals surface area contributed by atoms with Crippen molar-refractivity contribution in [3.63, 3.8) is 0 Å². The number of nitrogens with zero attached hydrogens (tertiary/aromatic N) is 6. The highest BCUT2D eigenvalue weighted by molar-refractivity contribution is 6.35. The highest BCUT2D eigenvalue weighted by atomic mass is 15.0. The minimum absolute atomic E-state index is 0.569. The van der Waals surface area contributed by atoms with Crippen LogP contribution in [0.1, 0.15) is 0 Å². The average Bonchev–Trinajstić information content (AvgIpc) is 0.711. The lowest BCUT2D eigenvalue weighted by Crippen LogP contribution is -2.03. The molecule has 0 aliphatic carbocycles. The highest BCUT2D eigenvalue weighted by Crippen LogP contribution is 2.49. The van der Waals surface area contributed by atoms with Gasteiger partial charge in [-0.25, -0.2) is 29.9 Å². The third-order valence-corrected chi connectivity index (χ3v) is 21.9. The second-order valence-electron chi connectivity index (χ2n) is 28.3. The monoisotopic (exact) mass is 1400 g/mol. The minimum Gasteiger partial charge on any atom is -0.208 e. The molecular weight excluding hydrogens is 1330 g/mol. The van der Waals surface area contributed by atoms with E-state index < -0.39 is 0 Å². The molecule has 0 N–H and O–H groups in total. The van der Waals surface area contributed by atoms with E-state index in [2.05, 4.69) is 352 Å². The molecular formula is C104H64N6. The Morgan fingerprint density at radius 1 is 0.109 bits per heavy atom. The summed E-state index contributed by atoms with van der Waals surface area (Å²) in [5.41, 5.74) is 18.2. The van der Waals surface area contributed by atoms with E-state index in [1.54, 1.807) is 0 Å². The fourth-order valence-electron chi connectivity index (χ4n) is 16.8. The van der Waals surface area contributed by atoms with Gasteiger partial charge in [-0.15, -0.1) is 0 Å². The summed E-state index contributed by atoms with van der Waals surface area (Å²) in [5, 5.41) is 19.1. The maximum Gasteiger partial charge on any atom is 0.164 e. The SMILES string of the molecule is c1ccc(-c2cc(-c3nc(-c4ccccc4)nc(-c4ccccc4)n3)cc(-c3cc4c5ccccc5c5cc(-c6ccc(-c7nc(-c8ccccc8-c8ccccc8)nc(-c8ccccc8-c8cc9c%10ccccc%10c%10ccccc%10c9c9ccccc89)n7)c(-c7ccccc7)c6)ccc5c4c4ccccc34)c2)cc1. The molecule has 0 aliphatic heterocycles. The summed E-state index contributed by atoms with van der Waals surface area (Å²) in [6, 6.07) is 139. The first-order valence-corrected chi connectivity index (χ1v) is 37.4. The molecule has 0 fully saturated rings. The molecule has 2 aromatic heterocycles. The van der Waals surface area contributed by atoms with E-state index >= 15 is 0 Å². The van der Waals surface area contributed by atoms with Crippen molar-refractivity contribution in [2.24, 2.45) is 0 Å². The minimum atomic E-state index is 0.569. The van der Waals surface area contributed by atoms with Gasteiger partial charge in [0.05, 0.1) is 0 Å². The lowest BCUT2D eigenvalue weighted by Gasteiger charge is -2.19. The summed E-state index contributed by atoms with van der Waals surface area (Å²) in [6.45, 7) is 0. The Hall–Kier alpha value is -14.7. The molecule has 21 aromatic rings. The molecule has 0 spiro atoms. The van der Waals surface area contributed by atoms with Crippen LogP contribution in [0.2, 0.25) is 0 Å². The molecule has 0 saturated carbocycles. The molecule has 0 saturated heterocycles. The van der Waals surface area contributed by atoms with E-state index in [4.69, 9.17) is 29.9 Å². The lowest BCUT2D eigenvalue weighted by molar-refractivity contribution is 1.07. The molecule has 0 bridgehead atoms. The first-order chi connectivity index (χ1) is 54.5. The Bertz CT molecular complexity index is 7190. The molecule has 2 heterocycles. The Balaban J connectivity index is 0.738.